The van der Waals surface area contributed by atoms with Gasteiger partial charge in [-0.25, -0.2) is 0 Å². The van der Waals surface area contributed by atoms with Gasteiger partial charge in [-0.05, 0) is 79.2 Å². The first-order chi connectivity index (χ1) is 22.2. The van der Waals surface area contributed by atoms with Crippen LogP contribution in [0.2, 0.25) is 0 Å². The number of nitrogens with zero attached hydrogens (tertiary/aromatic N) is 2. The zero-order valence-electron chi connectivity index (χ0n) is 30.1. The minimum Gasteiger partial charge on any atom is -0.512 e. The second-order valence-electron chi connectivity index (χ2n) is 14.2. The summed E-state index contributed by atoms with van der Waals surface area (Å²) in [5.41, 5.74) is 7.74. The van der Waals surface area contributed by atoms with Crippen molar-refractivity contribution in [1.82, 2.24) is 9.97 Å². The summed E-state index contributed by atoms with van der Waals surface area (Å²) in [6.45, 7) is 21.0. The molecule has 0 bridgehead atoms. The van der Waals surface area contributed by atoms with E-state index in [4.69, 9.17) is 9.97 Å². The summed E-state index contributed by atoms with van der Waals surface area (Å²) in [4.78, 5) is 23.3. The molecule has 2 heterocycles. The van der Waals surface area contributed by atoms with Crippen molar-refractivity contribution in [2.75, 3.05) is 0 Å². The molecule has 4 nitrogen and oxygen atoms in total. The van der Waals surface area contributed by atoms with Crippen molar-refractivity contribution in [3.8, 4) is 21.8 Å². The summed E-state index contributed by atoms with van der Waals surface area (Å²) in [7, 11) is 0. The molecule has 3 aromatic carbocycles. The van der Waals surface area contributed by atoms with E-state index in [0.29, 0.717) is 0 Å². The number of hydrogen-bond donors (Lipinski definition) is 1. The van der Waals surface area contributed by atoms with Crippen LogP contribution in [0.3, 0.4) is 0 Å². The van der Waals surface area contributed by atoms with Gasteiger partial charge in [0, 0.05) is 58.2 Å². The Labute approximate surface area is 304 Å². The van der Waals surface area contributed by atoms with Crippen LogP contribution >= 0.6 is 11.3 Å². The van der Waals surface area contributed by atoms with Gasteiger partial charge in [0.25, 0.3) is 0 Å². The molecule has 0 saturated carbocycles. The molecule has 2 aromatic heterocycles. The molecular formula is C42H49IrN2O2S-. The molecule has 6 heteroatoms. The first-order valence-electron chi connectivity index (χ1n) is 17.0. The number of carbonyl (C=O) groups excluding carboxylic acids is 1. The zero-order valence-corrected chi connectivity index (χ0v) is 33.3. The summed E-state index contributed by atoms with van der Waals surface area (Å²) < 4.78 is 1.35. The quantitative estimate of drug-likeness (QED) is 0.0961. The standard InChI is InChI=1S/C27H21N2S.C15H28O2.Ir/c1-15-12-16(2)20-14-28-26(29-21(20)13-15)19-10-7-9-18-23(19)27(3,4)24-17-8-5-6-11-22(17)30-25(18)24;1-7-14(5,8-2)12(16)11-13(17)15(6,9-3)10-4;/h5-9,11-14H,1-4H3;11,16H,7-10H2,1-6H3;/q-1;;/b;12-11-;. The zero-order chi connectivity index (χ0) is 34.3. The van der Waals surface area contributed by atoms with Gasteiger partial charge in [0.05, 0.1) is 11.3 Å². The fourth-order valence-corrected chi connectivity index (χ4v) is 8.18. The normalized spacial score (nSPS) is 13.8. The van der Waals surface area contributed by atoms with Crippen molar-refractivity contribution in [3.05, 3.63) is 94.9 Å². The van der Waals surface area contributed by atoms with Crippen LogP contribution in [0.15, 0.2) is 66.6 Å². The van der Waals surface area contributed by atoms with Gasteiger partial charge in [0.2, 0.25) is 0 Å². The SMILES string of the molecule is CCC(C)(CC)C(=O)/C=C(\O)C(C)(CC)CC.Cc1cc(C)c2cnc(-c3[c-]ccc4c3C(C)(C)c3c-4sc4ccccc34)nc2c1.[Ir]. The van der Waals surface area contributed by atoms with E-state index in [-0.39, 0.29) is 47.9 Å². The number of aryl methyl sites for hydroxylation is 2. The monoisotopic (exact) mass is 838 g/mol. The van der Waals surface area contributed by atoms with E-state index >= 15 is 0 Å². The molecule has 0 spiro atoms. The first kappa shape index (κ1) is 37.6. The third-order valence-electron chi connectivity index (χ3n) is 11.0. The summed E-state index contributed by atoms with van der Waals surface area (Å²) >= 11 is 1.89. The second-order valence-corrected chi connectivity index (χ2v) is 15.3. The number of aliphatic hydroxyl groups is 1. The average molecular weight is 838 g/mol. The maximum atomic E-state index is 12.2. The Balaban J connectivity index is 0.000000251. The largest absolute Gasteiger partial charge is 0.512 e. The number of aliphatic hydroxyl groups excluding tert-OH is 1. The van der Waals surface area contributed by atoms with Crippen LogP contribution in [0.5, 0.6) is 0 Å². The molecule has 1 aliphatic rings. The molecule has 0 unspecified atom stereocenters. The van der Waals surface area contributed by atoms with Crippen LogP contribution in [-0.4, -0.2) is 20.9 Å². The van der Waals surface area contributed by atoms with Gasteiger partial charge < -0.3 is 5.11 Å². The van der Waals surface area contributed by atoms with Gasteiger partial charge in [-0.2, -0.15) is 0 Å². The van der Waals surface area contributed by atoms with Gasteiger partial charge >= 0.3 is 0 Å². The summed E-state index contributed by atoms with van der Waals surface area (Å²) in [6, 6.07) is 20.8. The van der Waals surface area contributed by atoms with E-state index in [0.717, 1.165) is 48.0 Å². The Morgan fingerprint density at radius 1 is 0.938 bits per heavy atom. The molecule has 0 fully saturated rings. The fraction of sp³-hybridized carbons (Fsp3) is 0.405. The number of allylic oxidation sites excluding steroid dienone is 2. The predicted molar refractivity (Wildman–Crippen MR) is 199 cm³/mol. The predicted octanol–water partition coefficient (Wildman–Crippen LogP) is 11.9. The summed E-state index contributed by atoms with van der Waals surface area (Å²) in [5, 5.41) is 12.6. The smallest absolute Gasteiger partial charge is 0.164 e. The molecule has 0 aliphatic heterocycles. The number of hydrogen-bond acceptors (Lipinski definition) is 5. The van der Waals surface area contributed by atoms with Crippen LogP contribution in [-0.2, 0) is 30.3 Å². The molecule has 255 valence electrons. The molecule has 1 N–H and O–H groups in total. The minimum atomic E-state index is -0.337. The number of fused-ring (bicyclic) bond motifs is 6. The Morgan fingerprint density at radius 2 is 1.58 bits per heavy atom. The third-order valence-corrected chi connectivity index (χ3v) is 12.2. The van der Waals surface area contributed by atoms with Crippen LogP contribution in [0.25, 0.3) is 42.8 Å². The number of rotatable bonds is 8. The number of ketones is 1. The average Bonchev–Trinajstić information content (AvgIpc) is 3.57. The molecule has 0 amide bonds. The number of carbonyl (C=O) groups is 1. The molecule has 1 aliphatic carbocycles. The van der Waals surface area contributed by atoms with E-state index < -0.39 is 0 Å². The van der Waals surface area contributed by atoms with E-state index in [2.05, 4.69) is 76.2 Å². The molecule has 48 heavy (non-hydrogen) atoms. The Bertz CT molecular complexity index is 2000. The van der Waals surface area contributed by atoms with E-state index in [1.54, 1.807) is 0 Å². The molecule has 1 radical (unpaired) electrons. The van der Waals surface area contributed by atoms with Crippen molar-refractivity contribution in [2.45, 2.75) is 100 Å². The van der Waals surface area contributed by atoms with Crippen molar-refractivity contribution in [1.29, 1.82) is 0 Å². The second kappa shape index (κ2) is 14.4. The van der Waals surface area contributed by atoms with Gasteiger partial charge in [-0.3, -0.25) is 14.8 Å². The maximum Gasteiger partial charge on any atom is 0.164 e. The number of benzene rings is 3. The summed E-state index contributed by atoms with van der Waals surface area (Å²) in [6.07, 6.45) is 6.72. The molecule has 5 aromatic rings. The Morgan fingerprint density at radius 3 is 2.23 bits per heavy atom. The molecule has 0 atom stereocenters. The Kier molecular flexibility index (Phi) is 11.3. The van der Waals surface area contributed by atoms with Crippen LogP contribution in [0.4, 0.5) is 0 Å². The third kappa shape index (κ3) is 6.56. The maximum absolute atomic E-state index is 12.2. The number of thiophene rings is 1. The van der Waals surface area contributed by atoms with Crippen molar-refractivity contribution in [2.24, 2.45) is 10.8 Å². The van der Waals surface area contributed by atoms with Crippen molar-refractivity contribution >= 4 is 38.1 Å². The molecular weight excluding hydrogens is 789 g/mol. The van der Waals surface area contributed by atoms with Gasteiger partial charge in [0.1, 0.15) is 5.76 Å². The van der Waals surface area contributed by atoms with Crippen LogP contribution in [0.1, 0.15) is 103 Å². The van der Waals surface area contributed by atoms with Gasteiger partial charge in [-0.1, -0.05) is 85.2 Å². The topological polar surface area (TPSA) is 63.1 Å². The molecule has 0 saturated heterocycles. The van der Waals surface area contributed by atoms with E-state index in [1.807, 2.05) is 65.1 Å². The fourth-order valence-electron chi connectivity index (χ4n) is 6.78. The van der Waals surface area contributed by atoms with Crippen LogP contribution in [0, 0.1) is 30.7 Å². The van der Waals surface area contributed by atoms with Crippen molar-refractivity contribution in [3.63, 3.8) is 0 Å². The van der Waals surface area contributed by atoms with Gasteiger partial charge in [-0.15, -0.1) is 40.7 Å². The number of aromatic nitrogens is 2. The van der Waals surface area contributed by atoms with E-state index in [9.17, 15) is 9.90 Å². The van der Waals surface area contributed by atoms with Gasteiger partial charge in [0.15, 0.2) is 5.78 Å². The molecule has 6 rings (SSSR count). The Hall–Kier alpha value is -3.18. The summed E-state index contributed by atoms with van der Waals surface area (Å²) in [5.74, 6) is 1.05. The first-order valence-corrected chi connectivity index (χ1v) is 17.8. The minimum absolute atomic E-state index is 0. The van der Waals surface area contributed by atoms with Crippen LogP contribution < -0.4 is 0 Å². The van der Waals surface area contributed by atoms with Crippen molar-refractivity contribution < 1.29 is 30.0 Å². The van der Waals surface area contributed by atoms with E-state index in [1.165, 1.54) is 48.9 Å².